The Labute approximate surface area is 147 Å². The summed E-state index contributed by atoms with van der Waals surface area (Å²) in [4.78, 5) is 24.0. The second kappa shape index (κ2) is 7.83. The molecule has 1 heterocycles. The van der Waals surface area contributed by atoms with E-state index in [1.54, 1.807) is 0 Å². The van der Waals surface area contributed by atoms with Gasteiger partial charge in [-0.15, -0.1) is 0 Å². The number of rotatable bonds is 5. The number of hydrogen-bond acceptors (Lipinski definition) is 3. The van der Waals surface area contributed by atoms with Gasteiger partial charge in [0.2, 0.25) is 11.8 Å². The number of carbonyl (C=O) groups excluding carboxylic acids is 2. The van der Waals surface area contributed by atoms with Crippen LogP contribution in [0.1, 0.15) is 24.0 Å². The number of nitrogens with one attached hydrogen (secondary N) is 3. The Morgan fingerprint density at radius 2 is 1.84 bits per heavy atom. The summed E-state index contributed by atoms with van der Waals surface area (Å²) >= 11 is 0. The lowest BCUT2D eigenvalue weighted by Gasteiger charge is -2.22. The third-order valence-electron chi connectivity index (χ3n) is 4.53. The Bertz CT molecular complexity index is 773. The van der Waals surface area contributed by atoms with Gasteiger partial charge in [-0.2, -0.15) is 0 Å². The van der Waals surface area contributed by atoms with Gasteiger partial charge in [-0.1, -0.05) is 36.4 Å². The third kappa shape index (κ3) is 4.38. The first-order valence-electron chi connectivity index (χ1n) is 8.58. The van der Waals surface area contributed by atoms with Crippen molar-refractivity contribution < 1.29 is 9.59 Å². The maximum Gasteiger partial charge on any atom is 0.228 e. The molecule has 0 spiro atoms. The zero-order chi connectivity index (χ0) is 17.6. The molecule has 0 bridgehead atoms. The van der Waals surface area contributed by atoms with Gasteiger partial charge in [0.15, 0.2) is 0 Å². The Kier molecular flexibility index (Phi) is 5.33. The number of aryl methyl sites for hydroxylation is 1. The van der Waals surface area contributed by atoms with E-state index in [1.165, 1.54) is 11.1 Å². The molecule has 130 valence electrons. The Morgan fingerprint density at radius 1 is 1.12 bits per heavy atom. The van der Waals surface area contributed by atoms with Crippen LogP contribution in [0.3, 0.4) is 0 Å². The van der Waals surface area contributed by atoms with Crippen LogP contribution in [0.4, 0.5) is 11.4 Å². The van der Waals surface area contributed by atoms with Crippen LogP contribution in [0, 0.1) is 12.8 Å². The molecule has 2 amide bonds. The summed E-state index contributed by atoms with van der Waals surface area (Å²) in [6, 6.07) is 15.9. The Hall–Kier alpha value is -2.82. The van der Waals surface area contributed by atoms with Gasteiger partial charge < -0.3 is 16.0 Å². The van der Waals surface area contributed by atoms with Crippen LogP contribution in [0.2, 0.25) is 0 Å². The van der Waals surface area contributed by atoms with Gasteiger partial charge in [0.1, 0.15) is 0 Å². The van der Waals surface area contributed by atoms with Crippen molar-refractivity contribution in [3.63, 3.8) is 0 Å². The summed E-state index contributed by atoms with van der Waals surface area (Å²) in [6.45, 7) is 3.33. The molecule has 1 aliphatic heterocycles. The monoisotopic (exact) mass is 337 g/mol. The molecule has 1 saturated heterocycles. The summed E-state index contributed by atoms with van der Waals surface area (Å²) in [6.07, 6.45) is 0.932. The van der Waals surface area contributed by atoms with Gasteiger partial charge in [-0.3, -0.25) is 9.59 Å². The van der Waals surface area contributed by atoms with Crippen molar-refractivity contribution in [2.24, 2.45) is 5.92 Å². The van der Waals surface area contributed by atoms with Crippen LogP contribution >= 0.6 is 0 Å². The van der Waals surface area contributed by atoms with Crippen LogP contribution in [0.15, 0.2) is 48.5 Å². The van der Waals surface area contributed by atoms with E-state index in [-0.39, 0.29) is 24.2 Å². The van der Waals surface area contributed by atoms with E-state index in [2.05, 4.69) is 35.0 Å². The summed E-state index contributed by atoms with van der Waals surface area (Å²) in [5.41, 5.74) is 4.06. The molecule has 3 N–H and O–H groups in total. The first-order chi connectivity index (χ1) is 12.1. The number of amides is 2. The van der Waals surface area contributed by atoms with E-state index in [1.807, 2.05) is 36.4 Å². The van der Waals surface area contributed by atoms with E-state index in [0.717, 1.165) is 11.4 Å². The molecule has 0 radical (unpaired) electrons. The van der Waals surface area contributed by atoms with Crippen molar-refractivity contribution in [3.8, 4) is 0 Å². The predicted molar refractivity (Wildman–Crippen MR) is 99.3 cm³/mol. The smallest absolute Gasteiger partial charge is 0.228 e. The number of hydrogen-bond donors (Lipinski definition) is 3. The minimum Gasteiger partial charge on any atom is -0.379 e. The number of piperidine rings is 1. The molecule has 5 heteroatoms. The molecular weight excluding hydrogens is 314 g/mol. The fourth-order valence-electron chi connectivity index (χ4n) is 2.99. The third-order valence-corrected chi connectivity index (χ3v) is 4.53. The average Bonchev–Trinajstić information content (AvgIpc) is 2.62. The highest BCUT2D eigenvalue weighted by molar-refractivity contribution is 5.98. The molecule has 0 aliphatic carbocycles. The number of anilines is 2. The van der Waals surface area contributed by atoms with Gasteiger partial charge in [0.25, 0.3) is 0 Å². The Balaban J connectivity index is 1.67. The normalized spacial score (nSPS) is 16.8. The zero-order valence-electron chi connectivity index (χ0n) is 14.3. The van der Waals surface area contributed by atoms with E-state index in [9.17, 15) is 9.59 Å². The van der Waals surface area contributed by atoms with E-state index in [0.29, 0.717) is 19.5 Å². The molecule has 1 unspecified atom stereocenters. The Morgan fingerprint density at radius 3 is 2.60 bits per heavy atom. The van der Waals surface area contributed by atoms with Gasteiger partial charge in [0.05, 0.1) is 11.4 Å². The maximum absolute atomic E-state index is 12.5. The van der Waals surface area contributed by atoms with Crippen molar-refractivity contribution in [3.05, 3.63) is 59.7 Å². The van der Waals surface area contributed by atoms with Gasteiger partial charge in [-0.25, -0.2) is 0 Å². The second-order valence-corrected chi connectivity index (χ2v) is 6.35. The van der Waals surface area contributed by atoms with Crippen molar-refractivity contribution in [1.29, 1.82) is 0 Å². The lowest BCUT2D eigenvalue weighted by Crippen LogP contribution is -2.38. The number of carbonyl (C=O) groups is 2. The summed E-state index contributed by atoms with van der Waals surface area (Å²) in [5.74, 6) is -0.421. The first-order valence-corrected chi connectivity index (χ1v) is 8.58. The molecule has 25 heavy (non-hydrogen) atoms. The molecular formula is C20H23N3O2. The van der Waals surface area contributed by atoms with Gasteiger partial charge in [-0.05, 0) is 36.6 Å². The minimum atomic E-state index is -0.266. The topological polar surface area (TPSA) is 70.2 Å². The highest BCUT2D eigenvalue weighted by Gasteiger charge is 2.25. The van der Waals surface area contributed by atoms with E-state index < -0.39 is 0 Å². The van der Waals surface area contributed by atoms with Crippen LogP contribution in [-0.4, -0.2) is 18.4 Å². The summed E-state index contributed by atoms with van der Waals surface area (Å²) in [5, 5.41) is 9.12. The molecule has 1 atom stereocenters. The summed E-state index contributed by atoms with van der Waals surface area (Å²) < 4.78 is 0. The molecule has 0 aromatic heterocycles. The molecule has 3 rings (SSSR count). The van der Waals surface area contributed by atoms with Crippen molar-refractivity contribution >= 4 is 23.2 Å². The molecule has 0 saturated carbocycles. The quantitative estimate of drug-likeness (QED) is 0.785. The number of benzene rings is 2. The molecule has 2 aromatic rings. The standard InChI is InChI=1S/C20H23N3O2/c1-14-6-2-3-7-16(14)13-22-17-8-4-5-9-18(17)23-20(25)15-10-11-21-19(24)12-15/h2-9,15,22H,10-13H2,1H3,(H,21,24)(H,23,25). The molecule has 1 fully saturated rings. The van der Waals surface area contributed by atoms with Crippen LogP contribution < -0.4 is 16.0 Å². The SMILES string of the molecule is Cc1ccccc1CNc1ccccc1NC(=O)C1CCNC(=O)C1. The highest BCUT2D eigenvalue weighted by Crippen LogP contribution is 2.24. The van der Waals surface area contributed by atoms with Crippen molar-refractivity contribution in [1.82, 2.24) is 5.32 Å². The fraction of sp³-hybridized carbons (Fsp3) is 0.300. The van der Waals surface area contributed by atoms with E-state index >= 15 is 0 Å². The van der Waals surface area contributed by atoms with Crippen LogP contribution in [0.25, 0.3) is 0 Å². The zero-order valence-corrected chi connectivity index (χ0v) is 14.3. The lowest BCUT2D eigenvalue weighted by molar-refractivity contribution is -0.129. The molecule has 2 aromatic carbocycles. The maximum atomic E-state index is 12.5. The van der Waals surface area contributed by atoms with Crippen LogP contribution in [0.5, 0.6) is 0 Å². The van der Waals surface area contributed by atoms with E-state index in [4.69, 9.17) is 0 Å². The lowest BCUT2D eigenvalue weighted by atomic mass is 9.96. The number of para-hydroxylation sites is 2. The minimum absolute atomic E-state index is 0.0580. The molecule has 1 aliphatic rings. The second-order valence-electron chi connectivity index (χ2n) is 6.35. The predicted octanol–water partition coefficient (Wildman–Crippen LogP) is 3.07. The van der Waals surface area contributed by atoms with Gasteiger partial charge >= 0.3 is 0 Å². The first kappa shape index (κ1) is 17.0. The fourth-order valence-corrected chi connectivity index (χ4v) is 2.99. The van der Waals surface area contributed by atoms with Crippen LogP contribution in [-0.2, 0) is 16.1 Å². The molecule has 5 nitrogen and oxygen atoms in total. The van der Waals surface area contributed by atoms with Crippen molar-refractivity contribution in [2.45, 2.75) is 26.3 Å². The van der Waals surface area contributed by atoms with Crippen molar-refractivity contribution in [2.75, 3.05) is 17.2 Å². The van der Waals surface area contributed by atoms with Gasteiger partial charge in [0, 0.05) is 25.4 Å². The highest BCUT2D eigenvalue weighted by atomic mass is 16.2. The largest absolute Gasteiger partial charge is 0.379 e. The average molecular weight is 337 g/mol. The summed E-state index contributed by atoms with van der Waals surface area (Å²) in [7, 11) is 0.